The summed E-state index contributed by atoms with van der Waals surface area (Å²) in [5.74, 6) is 2.01. The number of benzene rings is 2. The van der Waals surface area contributed by atoms with Gasteiger partial charge in [-0.05, 0) is 55.0 Å². The van der Waals surface area contributed by atoms with Gasteiger partial charge in [0.25, 0.3) is 5.56 Å². The molecule has 1 aliphatic rings. The van der Waals surface area contributed by atoms with Crippen LogP contribution >= 0.6 is 23.1 Å². The van der Waals surface area contributed by atoms with Crippen LogP contribution in [0.25, 0.3) is 10.2 Å². The highest BCUT2D eigenvalue weighted by Gasteiger charge is 2.28. The van der Waals surface area contributed by atoms with Crippen molar-refractivity contribution in [2.45, 2.75) is 76.8 Å². The first kappa shape index (κ1) is 26.0. The number of aromatic nitrogens is 2. The normalized spacial score (nSPS) is 15.5. The van der Waals surface area contributed by atoms with E-state index in [0.717, 1.165) is 50.2 Å². The van der Waals surface area contributed by atoms with Crippen LogP contribution in [-0.2, 0) is 36.5 Å². The maximum absolute atomic E-state index is 14.0. The highest BCUT2D eigenvalue weighted by Crippen LogP contribution is 2.36. The van der Waals surface area contributed by atoms with Crippen molar-refractivity contribution in [3.8, 4) is 5.75 Å². The van der Waals surface area contributed by atoms with Gasteiger partial charge in [0.15, 0.2) is 5.16 Å². The molecular formula is C30H34N2O3S2. The Labute approximate surface area is 226 Å². The van der Waals surface area contributed by atoms with E-state index in [1.165, 1.54) is 11.1 Å². The molecule has 0 saturated heterocycles. The number of hydrogen-bond acceptors (Lipinski definition) is 6. The molecule has 3 heterocycles. The molecule has 0 N–H and O–H groups in total. The Morgan fingerprint density at radius 1 is 1.08 bits per heavy atom. The minimum Gasteiger partial charge on any atom is -0.491 e. The quantitative estimate of drug-likeness (QED) is 0.173. The van der Waals surface area contributed by atoms with Crippen molar-refractivity contribution in [1.29, 1.82) is 0 Å². The molecule has 0 spiro atoms. The Hall–Kier alpha value is -2.61. The summed E-state index contributed by atoms with van der Waals surface area (Å²) in [7, 11) is 0. The zero-order valence-corrected chi connectivity index (χ0v) is 23.5. The van der Waals surface area contributed by atoms with Gasteiger partial charge >= 0.3 is 0 Å². The van der Waals surface area contributed by atoms with Crippen LogP contribution in [0.3, 0.4) is 0 Å². The Kier molecular flexibility index (Phi) is 8.03. The molecule has 2 aromatic carbocycles. The zero-order chi connectivity index (χ0) is 25.9. The number of thioether (sulfide) groups is 1. The lowest BCUT2D eigenvalue weighted by molar-refractivity contribution is 0.00200. The van der Waals surface area contributed by atoms with E-state index in [1.54, 1.807) is 23.1 Å². The van der Waals surface area contributed by atoms with E-state index in [2.05, 4.69) is 38.1 Å². The molecule has 0 saturated carbocycles. The summed E-state index contributed by atoms with van der Waals surface area (Å²) in [6.45, 7) is 9.57. The molecule has 1 atom stereocenters. The molecular weight excluding hydrogens is 500 g/mol. The predicted octanol–water partition coefficient (Wildman–Crippen LogP) is 6.88. The van der Waals surface area contributed by atoms with Gasteiger partial charge in [0, 0.05) is 23.6 Å². The third-order valence-electron chi connectivity index (χ3n) is 6.67. The average molecular weight is 535 g/mol. The Morgan fingerprint density at radius 3 is 2.54 bits per heavy atom. The van der Waals surface area contributed by atoms with Gasteiger partial charge < -0.3 is 9.47 Å². The summed E-state index contributed by atoms with van der Waals surface area (Å²) < 4.78 is 13.8. The molecule has 0 amide bonds. The molecule has 4 aromatic rings. The van der Waals surface area contributed by atoms with E-state index in [9.17, 15) is 4.79 Å². The van der Waals surface area contributed by atoms with Crippen molar-refractivity contribution >= 4 is 33.3 Å². The maximum atomic E-state index is 14.0. The zero-order valence-electron chi connectivity index (χ0n) is 21.9. The first-order chi connectivity index (χ1) is 17.9. The summed E-state index contributed by atoms with van der Waals surface area (Å²) in [6, 6.07) is 18.5. The molecule has 0 fully saturated rings. The second-order valence-corrected chi connectivity index (χ2v) is 12.2. The average Bonchev–Trinajstić information content (AvgIpc) is 3.26. The minimum absolute atomic E-state index is 0.0750. The lowest BCUT2D eigenvalue weighted by atomic mass is 9.96. The van der Waals surface area contributed by atoms with Crippen molar-refractivity contribution in [2.75, 3.05) is 0 Å². The summed E-state index contributed by atoms with van der Waals surface area (Å²) in [5, 5.41) is 1.57. The molecule has 37 heavy (non-hydrogen) atoms. The van der Waals surface area contributed by atoms with Crippen molar-refractivity contribution in [2.24, 2.45) is 5.92 Å². The van der Waals surface area contributed by atoms with Crippen molar-refractivity contribution in [3.63, 3.8) is 0 Å². The van der Waals surface area contributed by atoms with Gasteiger partial charge in [-0.3, -0.25) is 9.36 Å². The summed E-state index contributed by atoms with van der Waals surface area (Å²) in [5.41, 5.74) is 3.61. The highest BCUT2D eigenvalue weighted by atomic mass is 32.2. The minimum atomic E-state index is 0.0750. The maximum Gasteiger partial charge on any atom is 0.263 e. The van der Waals surface area contributed by atoms with Crippen LogP contribution < -0.4 is 10.3 Å². The summed E-state index contributed by atoms with van der Waals surface area (Å²) in [4.78, 5) is 21.0. The van der Waals surface area contributed by atoms with Gasteiger partial charge in [0.1, 0.15) is 10.6 Å². The number of rotatable bonds is 9. The number of fused-ring (bicyclic) bond motifs is 3. The van der Waals surface area contributed by atoms with Gasteiger partial charge in [-0.15, -0.1) is 11.3 Å². The lowest BCUT2D eigenvalue weighted by Crippen LogP contribution is -2.29. The van der Waals surface area contributed by atoms with Crippen molar-refractivity contribution in [3.05, 3.63) is 86.5 Å². The molecule has 5 nitrogen and oxygen atoms in total. The lowest BCUT2D eigenvalue weighted by Gasteiger charge is -2.26. The van der Waals surface area contributed by atoms with E-state index < -0.39 is 0 Å². The number of nitrogens with zero attached hydrogens (tertiary/aromatic N) is 2. The Bertz CT molecular complexity index is 1410. The summed E-state index contributed by atoms with van der Waals surface area (Å²) in [6.07, 6.45) is 1.85. The van der Waals surface area contributed by atoms with Crippen LogP contribution in [0.4, 0.5) is 0 Å². The van der Waals surface area contributed by atoms with E-state index >= 15 is 0 Å². The van der Waals surface area contributed by atoms with Crippen LogP contribution in [-0.4, -0.2) is 21.8 Å². The fraction of sp³-hybridized carbons (Fsp3) is 0.400. The topological polar surface area (TPSA) is 53.3 Å². The van der Waals surface area contributed by atoms with Crippen LogP contribution in [0.15, 0.2) is 64.5 Å². The molecule has 1 unspecified atom stereocenters. The van der Waals surface area contributed by atoms with Crippen LogP contribution in [0.5, 0.6) is 5.75 Å². The van der Waals surface area contributed by atoms with E-state index in [0.29, 0.717) is 19.1 Å². The third-order valence-corrected chi connectivity index (χ3v) is 8.81. The van der Waals surface area contributed by atoms with Crippen molar-refractivity contribution < 1.29 is 9.47 Å². The molecule has 2 aromatic heterocycles. The molecule has 0 aliphatic carbocycles. The summed E-state index contributed by atoms with van der Waals surface area (Å²) >= 11 is 3.24. The van der Waals surface area contributed by atoms with Gasteiger partial charge in [0.05, 0.1) is 24.2 Å². The van der Waals surface area contributed by atoms with E-state index in [1.807, 2.05) is 48.7 Å². The monoisotopic (exact) mass is 534 g/mol. The first-order valence-corrected chi connectivity index (χ1v) is 14.8. The van der Waals surface area contributed by atoms with Crippen LogP contribution in [0.1, 0.15) is 49.3 Å². The Morgan fingerprint density at radius 2 is 1.84 bits per heavy atom. The van der Waals surface area contributed by atoms with Gasteiger partial charge in [-0.1, -0.05) is 68.1 Å². The van der Waals surface area contributed by atoms with Crippen LogP contribution in [0.2, 0.25) is 0 Å². The van der Waals surface area contributed by atoms with Gasteiger partial charge in [0.2, 0.25) is 0 Å². The third kappa shape index (κ3) is 5.95. The van der Waals surface area contributed by atoms with Crippen molar-refractivity contribution in [1.82, 2.24) is 9.55 Å². The number of hydrogen-bond donors (Lipinski definition) is 0. The number of thiophene rings is 1. The molecule has 5 rings (SSSR count). The smallest absolute Gasteiger partial charge is 0.263 e. The number of aryl methyl sites for hydroxylation is 1. The van der Waals surface area contributed by atoms with Gasteiger partial charge in [-0.25, -0.2) is 4.98 Å². The molecule has 0 bridgehead atoms. The highest BCUT2D eigenvalue weighted by molar-refractivity contribution is 7.98. The fourth-order valence-electron chi connectivity index (χ4n) is 4.65. The molecule has 194 valence electrons. The Balaban J connectivity index is 1.47. The number of ether oxygens (including phenoxy) is 2. The van der Waals surface area contributed by atoms with E-state index in [4.69, 9.17) is 14.5 Å². The van der Waals surface area contributed by atoms with E-state index in [-0.39, 0.29) is 17.8 Å². The predicted molar refractivity (Wildman–Crippen MR) is 153 cm³/mol. The molecule has 7 heteroatoms. The second kappa shape index (κ2) is 11.4. The SMILES string of the molecule is CC(C)Oc1ccc(CSc2nc3sc4c(c3c(=O)n2CCc2ccccc2)CC(C(C)C)OC4)cc1. The largest absolute Gasteiger partial charge is 0.491 e. The molecule has 1 aliphatic heterocycles. The van der Waals surface area contributed by atoms with Crippen LogP contribution in [0, 0.1) is 5.92 Å². The standard InChI is InChI=1S/C30H34N2O3S2/c1-19(2)25-16-24-26(17-34-25)37-28-27(24)29(33)32(15-14-21-8-6-5-7-9-21)30(31-28)36-18-22-10-12-23(13-11-22)35-20(3)4/h5-13,19-20,25H,14-18H2,1-4H3. The first-order valence-electron chi connectivity index (χ1n) is 13.0. The molecule has 0 radical (unpaired) electrons. The second-order valence-electron chi connectivity index (χ2n) is 10.2. The fourth-order valence-corrected chi connectivity index (χ4v) is 6.79. The van der Waals surface area contributed by atoms with Gasteiger partial charge in [-0.2, -0.15) is 0 Å².